The van der Waals surface area contributed by atoms with E-state index in [1.54, 1.807) is 0 Å². The smallest absolute Gasteiger partial charge is 0.0546 e. The minimum Gasteiger partial charge on any atom is -0.381 e. The molecule has 1 aliphatic rings. The maximum atomic E-state index is 5.68. The third-order valence-corrected chi connectivity index (χ3v) is 3.11. The average Bonchev–Trinajstić information content (AvgIpc) is 2.17. The highest BCUT2D eigenvalue weighted by molar-refractivity contribution is 4.86. The second kappa shape index (κ2) is 6.58. The van der Waals surface area contributed by atoms with E-state index in [9.17, 15) is 0 Å². The van der Waals surface area contributed by atoms with Gasteiger partial charge in [-0.25, -0.2) is 0 Å². The van der Waals surface area contributed by atoms with E-state index in [0.29, 0.717) is 5.41 Å². The van der Waals surface area contributed by atoms with E-state index < -0.39 is 0 Å². The lowest BCUT2D eigenvalue weighted by Crippen LogP contribution is -2.48. The Hall–Kier alpha value is -0.120. The summed E-state index contributed by atoms with van der Waals surface area (Å²) in [6.45, 7) is 9.68. The van der Waals surface area contributed by atoms with Crippen molar-refractivity contribution < 1.29 is 4.74 Å². The van der Waals surface area contributed by atoms with Gasteiger partial charge in [-0.1, -0.05) is 13.8 Å². The molecule has 1 N–H and O–H groups in total. The van der Waals surface area contributed by atoms with E-state index in [2.05, 4.69) is 38.2 Å². The van der Waals surface area contributed by atoms with Crippen LogP contribution in [-0.4, -0.2) is 51.8 Å². The molecule has 3 nitrogen and oxygen atoms in total. The van der Waals surface area contributed by atoms with Crippen molar-refractivity contribution in [2.45, 2.75) is 26.7 Å². The lowest BCUT2D eigenvalue weighted by atomic mass is 9.82. The molecule has 0 saturated carbocycles. The van der Waals surface area contributed by atoms with Crippen molar-refractivity contribution >= 4 is 0 Å². The molecule has 0 amide bonds. The fourth-order valence-electron chi connectivity index (χ4n) is 2.53. The van der Waals surface area contributed by atoms with Gasteiger partial charge in [0.05, 0.1) is 6.61 Å². The molecule has 0 aromatic heterocycles. The van der Waals surface area contributed by atoms with Crippen molar-refractivity contribution in [2.24, 2.45) is 11.3 Å². The minimum absolute atomic E-state index is 0.330. The number of hydrogen-bond acceptors (Lipinski definition) is 3. The van der Waals surface area contributed by atoms with E-state index in [-0.39, 0.29) is 0 Å². The predicted molar refractivity (Wildman–Crippen MR) is 68.7 cm³/mol. The Balaban J connectivity index is 2.42. The van der Waals surface area contributed by atoms with Gasteiger partial charge in [0.25, 0.3) is 0 Å². The molecule has 1 aliphatic heterocycles. The molecule has 0 bridgehead atoms. The van der Waals surface area contributed by atoms with Crippen molar-refractivity contribution in [1.82, 2.24) is 10.2 Å². The second-order valence-electron chi connectivity index (χ2n) is 5.92. The van der Waals surface area contributed by atoms with Crippen LogP contribution in [0.4, 0.5) is 0 Å². The van der Waals surface area contributed by atoms with E-state index in [1.807, 2.05) is 0 Å². The van der Waals surface area contributed by atoms with Crippen LogP contribution >= 0.6 is 0 Å². The zero-order valence-electron chi connectivity index (χ0n) is 11.4. The number of nitrogens with one attached hydrogen (secondary N) is 1. The summed E-state index contributed by atoms with van der Waals surface area (Å²) in [6, 6.07) is 0. The first kappa shape index (κ1) is 13.9. The fraction of sp³-hybridized carbons (Fsp3) is 1.00. The van der Waals surface area contributed by atoms with Gasteiger partial charge in [-0.3, -0.25) is 0 Å². The molecule has 96 valence electrons. The average molecular weight is 228 g/mol. The molecule has 1 saturated heterocycles. The molecule has 1 heterocycles. The maximum absolute atomic E-state index is 5.68. The van der Waals surface area contributed by atoms with Crippen molar-refractivity contribution in [1.29, 1.82) is 0 Å². The van der Waals surface area contributed by atoms with Gasteiger partial charge < -0.3 is 15.0 Å². The summed E-state index contributed by atoms with van der Waals surface area (Å²) in [5.74, 6) is 0.723. The Morgan fingerprint density at radius 1 is 1.38 bits per heavy atom. The number of nitrogens with zero attached hydrogens (tertiary/aromatic N) is 1. The quantitative estimate of drug-likeness (QED) is 0.747. The van der Waals surface area contributed by atoms with Crippen LogP contribution in [0.1, 0.15) is 26.7 Å². The highest BCUT2D eigenvalue weighted by Crippen LogP contribution is 2.28. The molecular formula is C13H28N2O. The molecule has 3 heteroatoms. The largest absolute Gasteiger partial charge is 0.381 e. The second-order valence-corrected chi connectivity index (χ2v) is 5.92. The zero-order valence-corrected chi connectivity index (χ0v) is 11.4. The number of rotatable bonds is 6. The third-order valence-electron chi connectivity index (χ3n) is 3.11. The lowest BCUT2D eigenvalue weighted by Gasteiger charge is -2.39. The van der Waals surface area contributed by atoms with Crippen LogP contribution < -0.4 is 5.32 Å². The van der Waals surface area contributed by atoms with Crippen molar-refractivity contribution in [3.8, 4) is 0 Å². The Bertz CT molecular complexity index is 186. The highest BCUT2D eigenvalue weighted by atomic mass is 16.5. The van der Waals surface area contributed by atoms with E-state index in [1.165, 1.54) is 12.8 Å². The molecule has 1 rings (SSSR count). The van der Waals surface area contributed by atoms with Crippen LogP contribution in [0.2, 0.25) is 0 Å². The van der Waals surface area contributed by atoms with Gasteiger partial charge in [-0.15, -0.1) is 0 Å². The molecule has 0 aromatic rings. The molecular weight excluding hydrogens is 200 g/mol. The van der Waals surface area contributed by atoms with E-state index >= 15 is 0 Å². The summed E-state index contributed by atoms with van der Waals surface area (Å²) in [4.78, 5) is 2.28. The van der Waals surface area contributed by atoms with Crippen molar-refractivity contribution in [3.05, 3.63) is 0 Å². The van der Waals surface area contributed by atoms with Gasteiger partial charge in [0.15, 0.2) is 0 Å². The number of hydrogen-bond donors (Lipinski definition) is 1. The Kier molecular flexibility index (Phi) is 5.73. The lowest BCUT2D eigenvalue weighted by molar-refractivity contribution is -0.0198. The Morgan fingerprint density at radius 2 is 2.12 bits per heavy atom. The van der Waals surface area contributed by atoms with Gasteiger partial charge in [0.1, 0.15) is 0 Å². The maximum Gasteiger partial charge on any atom is 0.0546 e. The molecule has 1 fully saturated rings. The highest BCUT2D eigenvalue weighted by Gasteiger charge is 2.33. The normalized spacial score (nSPS) is 26.6. The van der Waals surface area contributed by atoms with Gasteiger partial charge in [0, 0.05) is 25.1 Å². The first-order valence-electron chi connectivity index (χ1n) is 6.47. The third kappa shape index (κ3) is 4.81. The first-order chi connectivity index (χ1) is 7.54. The topological polar surface area (TPSA) is 24.5 Å². The van der Waals surface area contributed by atoms with Gasteiger partial charge in [-0.2, -0.15) is 0 Å². The van der Waals surface area contributed by atoms with Crippen LogP contribution in [0, 0.1) is 11.3 Å². The molecule has 0 radical (unpaired) electrons. The molecule has 0 aromatic carbocycles. The van der Waals surface area contributed by atoms with E-state index in [4.69, 9.17) is 4.74 Å². The summed E-state index contributed by atoms with van der Waals surface area (Å²) in [5.41, 5.74) is 0.330. The summed E-state index contributed by atoms with van der Waals surface area (Å²) in [5, 5.41) is 3.59. The zero-order chi connectivity index (χ0) is 12.0. The molecule has 0 spiro atoms. The first-order valence-corrected chi connectivity index (χ1v) is 6.47. The van der Waals surface area contributed by atoms with Crippen LogP contribution in [0.15, 0.2) is 0 Å². The SMILES string of the molecule is CC(C)CNCC1(CN(C)C)CCCOC1. The van der Waals surface area contributed by atoms with Crippen LogP contribution in [0.3, 0.4) is 0 Å². The molecule has 1 atom stereocenters. The van der Waals surface area contributed by atoms with Crippen LogP contribution in [-0.2, 0) is 4.74 Å². The van der Waals surface area contributed by atoms with Crippen LogP contribution in [0.5, 0.6) is 0 Å². The molecule has 16 heavy (non-hydrogen) atoms. The van der Waals surface area contributed by atoms with Gasteiger partial charge in [0.2, 0.25) is 0 Å². The summed E-state index contributed by atoms with van der Waals surface area (Å²) in [6.07, 6.45) is 2.49. The predicted octanol–water partition coefficient (Wildman–Crippen LogP) is 1.59. The van der Waals surface area contributed by atoms with Crippen molar-refractivity contribution in [2.75, 3.05) is 46.9 Å². The van der Waals surface area contributed by atoms with E-state index in [0.717, 1.165) is 38.8 Å². The van der Waals surface area contributed by atoms with Gasteiger partial charge >= 0.3 is 0 Å². The van der Waals surface area contributed by atoms with Crippen molar-refractivity contribution in [3.63, 3.8) is 0 Å². The monoisotopic (exact) mass is 228 g/mol. The Labute approximate surface area is 101 Å². The molecule has 1 unspecified atom stereocenters. The standard InChI is InChI=1S/C13H28N2O/c1-12(2)8-14-9-13(10-15(3)4)6-5-7-16-11-13/h12,14H,5-11H2,1-4H3. The summed E-state index contributed by atoms with van der Waals surface area (Å²) >= 11 is 0. The minimum atomic E-state index is 0.330. The van der Waals surface area contributed by atoms with Gasteiger partial charge in [-0.05, 0) is 39.4 Å². The number of ether oxygens (including phenoxy) is 1. The fourth-order valence-corrected chi connectivity index (χ4v) is 2.53. The van der Waals surface area contributed by atoms with Crippen LogP contribution in [0.25, 0.3) is 0 Å². The summed E-state index contributed by atoms with van der Waals surface area (Å²) < 4.78 is 5.68. The Morgan fingerprint density at radius 3 is 2.62 bits per heavy atom. The molecule has 0 aliphatic carbocycles. The summed E-state index contributed by atoms with van der Waals surface area (Å²) in [7, 11) is 4.30.